The Labute approximate surface area is 109 Å². The van der Waals surface area contributed by atoms with Crippen LogP contribution in [0.25, 0.3) is 11.1 Å². The molecule has 0 bridgehead atoms. The van der Waals surface area contributed by atoms with Crippen LogP contribution in [0.15, 0.2) is 73.3 Å². The molecule has 0 fully saturated rings. The Morgan fingerprint density at radius 3 is 1.67 bits per heavy atom. The highest BCUT2D eigenvalue weighted by molar-refractivity contribution is 7.17. The molecule has 0 radical (unpaired) electrons. The van der Waals surface area contributed by atoms with Gasteiger partial charge in [0.05, 0.1) is 6.61 Å². The summed E-state index contributed by atoms with van der Waals surface area (Å²) in [5, 5.41) is 0. The smallest absolute Gasteiger partial charge is 0.290 e. The average Bonchev–Trinajstić information content (AvgIpc) is 2.48. The first-order valence-corrected chi connectivity index (χ1v) is 6.27. The predicted octanol–water partition coefficient (Wildman–Crippen LogP) is 4.75. The Hall–Kier alpha value is -1.76. The van der Waals surface area contributed by atoms with Gasteiger partial charge in [0.25, 0.3) is 0 Å². The first-order valence-electron chi connectivity index (χ1n) is 5.54. The van der Waals surface area contributed by atoms with Gasteiger partial charge in [0.2, 0.25) is 0 Å². The van der Waals surface area contributed by atoms with Crippen molar-refractivity contribution in [2.24, 2.45) is 0 Å². The van der Waals surface area contributed by atoms with Crippen molar-refractivity contribution in [1.82, 2.24) is 0 Å². The molecule has 0 spiro atoms. The summed E-state index contributed by atoms with van der Waals surface area (Å²) in [5.74, 6) is 0. The SMILES string of the molecule is C=CCOP=O.c1ccc(-c2ccccc2)cc1. The molecule has 18 heavy (non-hydrogen) atoms. The van der Waals surface area contributed by atoms with Crippen molar-refractivity contribution >= 4 is 8.69 Å². The quantitative estimate of drug-likeness (QED) is 0.449. The normalized spacial score (nSPS) is 9.33. The van der Waals surface area contributed by atoms with E-state index in [9.17, 15) is 4.57 Å². The Kier molecular flexibility index (Phi) is 7.38. The summed E-state index contributed by atoms with van der Waals surface area (Å²) in [6.45, 7) is 3.68. The van der Waals surface area contributed by atoms with Gasteiger partial charge in [0, 0.05) is 0 Å². The van der Waals surface area contributed by atoms with E-state index in [1.807, 2.05) is 12.1 Å². The van der Waals surface area contributed by atoms with Crippen molar-refractivity contribution in [1.29, 1.82) is 0 Å². The van der Waals surface area contributed by atoms with Gasteiger partial charge >= 0.3 is 8.69 Å². The molecular weight excluding hydrogens is 243 g/mol. The molecule has 0 unspecified atom stereocenters. The first kappa shape index (κ1) is 14.3. The lowest BCUT2D eigenvalue weighted by molar-refractivity contribution is 0.387. The van der Waals surface area contributed by atoms with Gasteiger partial charge in [-0.1, -0.05) is 66.7 Å². The fourth-order valence-electron chi connectivity index (χ4n) is 1.34. The zero-order valence-electron chi connectivity index (χ0n) is 10.0. The zero-order valence-corrected chi connectivity index (χ0v) is 10.9. The van der Waals surface area contributed by atoms with Gasteiger partial charge in [0.1, 0.15) is 0 Å². The molecule has 3 heteroatoms. The Balaban J connectivity index is 0.000000232. The second-order valence-electron chi connectivity index (χ2n) is 3.39. The minimum absolute atomic E-state index is 0.276. The van der Waals surface area contributed by atoms with Gasteiger partial charge in [-0.05, 0) is 11.1 Å². The van der Waals surface area contributed by atoms with E-state index in [0.717, 1.165) is 0 Å². The Morgan fingerprint density at radius 1 is 0.944 bits per heavy atom. The van der Waals surface area contributed by atoms with Crippen LogP contribution in [-0.4, -0.2) is 6.61 Å². The number of hydrogen-bond donors (Lipinski definition) is 0. The van der Waals surface area contributed by atoms with Crippen molar-refractivity contribution in [2.75, 3.05) is 6.61 Å². The summed E-state index contributed by atoms with van der Waals surface area (Å²) in [6.07, 6.45) is 1.53. The lowest BCUT2D eigenvalue weighted by Crippen LogP contribution is -1.73. The van der Waals surface area contributed by atoms with E-state index in [-0.39, 0.29) is 8.69 Å². The Morgan fingerprint density at radius 2 is 1.39 bits per heavy atom. The maximum absolute atomic E-state index is 9.39. The minimum Gasteiger partial charge on any atom is -0.290 e. The molecule has 0 saturated heterocycles. The lowest BCUT2D eigenvalue weighted by atomic mass is 10.1. The predicted molar refractivity (Wildman–Crippen MR) is 75.6 cm³/mol. The van der Waals surface area contributed by atoms with Crippen LogP contribution in [-0.2, 0) is 9.09 Å². The monoisotopic (exact) mass is 258 g/mol. The molecule has 2 rings (SSSR count). The standard InChI is InChI=1S/C12H10.C3H5O2P/c1-3-7-11(8-4-1)12-9-5-2-6-10-12;1-2-3-5-6-4/h1-10H;2H,1,3H2. The van der Waals surface area contributed by atoms with Crippen molar-refractivity contribution < 1.29 is 9.09 Å². The molecule has 0 saturated carbocycles. The highest BCUT2D eigenvalue weighted by atomic mass is 31.1. The van der Waals surface area contributed by atoms with Gasteiger partial charge in [-0.2, -0.15) is 0 Å². The van der Waals surface area contributed by atoms with E-state index < -0.39 is 0 Å². The van der Waals surface area contributed by atoms with Crippen LogP contribution >= 0.6 is 8.69 Å². The van der Waals surface area contributed by atoms with Crippen LogP contribution in [0, 0.1) is 0 Å². The van der Waals surface area contributed by atoms with Crippen LogP contribution in [0.1, 0.15) is 0 Å². The zero-order chi connectivity index (χ0) is 13.1. The number of benzene rings is 2. The second-order valence-corrected chi connectivity index (χ2v) is 3.80. The average molecular weight is 258 g/mol. The third-order valence-electron chi connectivity index (χ3n) is 2.13. The van der Waals surface area contributed by atoms with Crippen molar-refractivity contribution in [2.45, 2.75) is 0 Å². The molecule has 0 N–H and O–H groups in total. The van der Waals surface area contributed by atoms with Crippen molar-refractivity contribution in [3.8, 4) is 11.1 Å². The van der Waals surface area contributed by atoms with E-state index in [2.05, 4.69) is 59.6 Å². The van der Waals surface area contributed by atoms with Gasteiger partial charge in [-0.3, -0.25) is 4.52 Å². The van der Waals surface area contributed by atoms with E-state index in [1.54, 1.807) is 0 Å². The topological polar surface area (TPSA) is 26.3 Å². The molecule has 0 aromatic heterocycles. The molecule has 0 aliphatic carbocycles. The Bertz CT molecular complexity index is 409. The maximum Gasteiger partial charge on any atom is 0.327 e. The van der Waals surface area contributed by atoms with E-state index in [4.69, 9.17) is 0 Å². The molecule has 0 atom stereocenters. The van der Waals surface area contributed by atoms with Gasteiger partial charge in [-0.15, -0.1) is 6.58 Å². The largest absolute Gasteiger partial charge is 0.327 e. The summed E-state index contributed by atoms with van der Waals surface area (Å²) in [4.78, 5) is 0. The van der Waals surface area contributed by atoms with Crippen molar-refractivity contribution in [3.63, 3.8) is 0 Å². The third-order valence-corrected chi connectivity index (χ3v) is 2.38. The molecule has 2 aromatic rings. The van der Waals surface area contributed by atoms with Crippen molar-refractivity contribution in [3.05, 3.63) is 73.3 Å². The molecule has 0 heterocycles. The van der Waals surface area contributed by atoms with E-state index in [1.165, 1.54) is 17.2 Å². The van der Waals surface area contributed by atoms with Crippen LogP contribution in [0.2, 0.25) is 0 Å². The second kappa shape index (κ2) is 9.29. The van der Waals surface area contributed by atoms with E-state index >= 15 is 0 Å². The first-order chi connectivity index (χ1) is 8.88. The molecule has 2 aromatic carbocycles. The number of rotatable bonds is 4. The van der Waals surface area contributed by atoms with Crippen LogP contribution < -0.4 is 0 Å². The minimum atomic E-state index is -0.276. The van der Waals surface area contributed by atoms with Crippen LogP contribution in [0.3, 0.4) is 0 Å². The molecule has 0 amide bonds. The molecule has 0 aliphatic heterocycles. The molecule has 0 aliphatic rings. The highest BCUT2D eigenvalue weighted by Gasteiger charge is 1.91. The lowest BCUT2D eigenvalue weighted by Gasteiger charge is -1.98. The summed E-state index contributed by atoms with van der Waals surface area (Å²) >= 11 is 0. The van der Waals surface area contributed by atoms with E-state index in [0.29, 0.717) is 6.61 Å². The van der Waals surface area contributed by atoms with Gasteiger partial charge in [-0.25, -0.2) is 4.57 Å². The molecule has 2 nitrogen and oxygen atoms in total. The summed E-state index contributed by atoms with van der Waals surface area (Å²) in [6, 6.07) is 20.8. The fraction of sp³-hybridized carbons (Fsp3) is 0.0667. The summed E-state index contributed by atoms with van der Waals surface area (Å²) in [5.41, 5.74) is 2.55. The number of hydrogen-bond acceptors (Lipinski definition) is 2. The van der Waals surface area contributed by atoms with Crippen LogP contribution in [0.5, 0.6) is 0 Å². The maximum atomic E-state index is 9.39. The molecule has 92 valence electrons. The highest BCUT2D eigenvalue weighted by Crippen LogP contribution is 2.17. The molecular formula is C15H15O2P. The third kappa shape index (κ3) is 5.53. The fourth-order valence-corrected chi connectivity index (χ4v) is 1.51. The van der Waals surface area contributed by atoms with Gasteiger partial charge < -0.3 is 0 Å². The van der Waals surface area contributed by atoms with Crippen LogP contribution in [0.4, 0.5) is 0 Å². The summed E-state index contributed by atoms with van der Waals surface area (Å²) < 4.78 is 13.7. The summed E-state index contributed by atoms with van der Waals surface area (Å²) in [7, 11) is -0.276. The van der Waals surface area contributed by atoms with Gasteiger partial charge in [0.15, 0.2) is 0 Å².